The molecule has 0 aromatic carbocycles. The minimum Gasteiger partial charge on any atom is -0.547 e. The quantitative estimate of drug-likeness (QED) is 0.0472. The van der Waals surface area contributed by atoms with Gasteiger partial charge in [0.05, 0.1) is 11.9 Å². The number of Topliss-reactive ketones (excluding diaryl/α,β-unsaturated/α-hetero) is 2. The van der Waals surface area contributed by atoms with Crippen molar-refractivity contribution in [3.05, 3.63) is 0 Å². The SMILES string of the molecule is CCCCCCCCCCCCCCCCCC(=O)CC(O)C(=O)[O-].CCCCCCCCCCCCCCCCCC(=O)CC(O)C(=O)[O-].[Ca+2]. The van der Waals surface area contributed by atoms with Crippen LogP contribution in [0.1, 0.15) is 232 Å². The second-order valence-corrected chi connectivity index (χ2v) is 14.6. The van der Waals surface area contributed by atoms with Gasteiger partial charge in [0, 0.05) is 25.7 Å². The van der Waals surface area contributed by atoms with Crippen molar-refractivity contribution in [3.63, 3.8) is 0 Å². The van der Waals surface area contributed by atoms with Gasteiger partial charge >= 0.3 is 37.7 Å². The van der Waals surface area contributed by atoms with Crippen LogP contribution in [0.25, 0.3) is 0 Å². The molecule has 0 radical (unpaired) electrons. The Kier molecular flexibility index (Phi) is 47.1. The molecule has 0 aromatic rings. The number of aliphatic hydroxyl groups excluding tert-OH is 2. The Labute approximate surface area is 343 Å². The fourth-order valence-corrected chi connectivity index (χ4v) is 6.19. The largest absolute Gasteiger partial charge is 2.00 e. The second-order valence-electron chi connectivity index (χ2n) is 14.6. The fourth-order valence-electron chi connectivity index (χ4n) is 6.19. The van der Waals surface area contributed by atoms with Crippen LogP contribution in [0.15, 0.2) is 0 Å². The first kappa shape index (κ1) is 54.8. The normalized spacial score (nSPS) is 12.0. The summed E-state index contributed by atoms with van der Waals surface area (Å²) >= 11 is 0. The molecule has 51 heavy (non-hydrogen) atoms. The van der Waals surface area contributed by atoms with E-state index < -0.39 is 24.1 Å². The summed E-state index contributed by atoms with van der Waals surface area (Å²) in [6.07, 6.45) is 35.0. The molecule has 9 heteroatoms. The van der Waals surface area contributed by atoms with Gasteiger partial charge in [-0.1, -0.05) is 194 Å². The number of hydrogen-bond donors (Lipinski definition) is 2. The molecule has 0 saturated carbocycles. The van der Waals surface area contributed by atoms with E-state index in [9.17, 15) is 29.4 Å². The Morgan fingerprint density at radius 3 is 0.725 bits per heavy atom. The standard InChI is InChI=1S/2C21H40O4.Ca/c2*1-2-3-4-5-6-7-8-9-10-11-12-13-14-15-16-17-19(22)18-20(23)21(24)25;/h2*20,23H,2-18H2,1H3,(H,24,25);/q;;+2/p-2. The van der Waals surface area contributed by atoms with Crippen molar-refractivity contribution < 1.29 is 39.6 Å². The maximum absolute atomic E-state index is 11.4. The monoisotopic (exact) mass is 751 g/mol. The zero-order valence-corrected chi connectivity index (χ0v) is 35.5. The third-order valence-corrected chi connectivity index (χ3v) is 9.50. The number of aliphatic carboxylic acids is 2. The van der Waals surface area contributed by atoms with Crippen molar-refractivity contribution in [2.24, 2.45) is 0 Å². The first-order valence-corrected chi connectivity index (χ1v) is 21.0. The molecule has 0 saturated heterocycles. The molecule has 0 aliphatic carbocycles. The van der Waals surface area contributed by atoms with Gasteiger partial charge in [-0.15, -0.1) is 0 Å². The van der Waals surface area contributed by atoms with Gasteiger partial charge in [-0.3, -0.25) is 9.59 Å². The number of carbonyl (C=O) groups excluding carboxylic acids is 4. The molecule has 0 bridgehead atoms. The minimum absolute atomic E-state index is 0. The van der Waals surface area contributed by atoms with E-state index in [-0.39, 0.29) is 62.1 Å². The number of carboxylic acids is 2. The molecule has 0 aliphatic rings. The molecular weight excluding hydrogens is 673 g/mol. The first-order chi connectivity index (χ1) is 24.1. The van der Waals surface area contributed by atoms with Crippen LogP contribution < -0.4 is 10.2 Å². The summed E-state index contributed by atoms with van der Waals surface area (Å²) in [6.45, 7) is 4.51. The molecule has 0 aromatic heterocycles. The van der Waals surface area contributed by atoms with E-state index in [0.29, 0.717) is 12.8 Å². The van der Waals surface area contributed by atoms with Gasteiger partial charge in [-0.25, -0.2) is 0 Å². The predicted octanol–water partition coefficient (Wildman–Crippen LogP) is 8.26. The Hall–Kier alpha value is -0.540. The predicted molar refractivity (Wildman–Crippen MR) is 206 cm³/mol. The molecule has 0 fully saturated rings. The molecule has 0 heterocycles. The van der Waals surface area contributed by atoms with Gasteiger partial charge in [-0.05, 0) is 12.8 Å². The number of ketones is 2. The molecule has 0 amide bonds. The number of unbranched alkanes of at least 4 members (excludes halogenated alkanes) is 28. The van der Waals surface area contributed by atoms with Gasteiger partial charge in [0.15, 0.2) is 0 Å². The topological polar surface area (TPSA) is 155 Å². The zero-order valence-electron chi connectivity index (χ0n) is 33.2. The van der Waals surface area contributed by atoms with Crippen molar-refractivity contribution in [2.75, 3.05) is 0 Å². The Bertz CT molecular complexity index is 727. The van der Waals surface area contributed by atoms with Gasteiger partial charge < -0.3 is 30.0 Å². The third-order valence-electron chi connectivity index (χ3n) is 9.50. The van der Waals surface area contributed by atoms with Gasteiger partial charge in [0.1, 0.15) is 23.8 Å². The average Bonchev–Trinajstić information content (AvgIpc) is 3.08. The molecule has 0 spiro atoms. The molecule has 296 valence electrons. The van der Waals surface area contributed by atoms with Crippen LogP contribution in [-0.4, -0.2) is 83.7 Å². The average molecular weight is 751 g/mol. The van der Waals surface area contributed by atoms with Crippen LogP contribution >= 0.6 is 0 Å². The van der Waals surface area contributed by atoms with Crippen LogP contribution in [0.2, 0.25) is 0 Å². The number of hydrogen-bond acceptors (Lipinski definition) is 8. The molecular formula is C42H78CaO8. The summed E-state index contributed by atoms with van der Waals surface area (Å²) in [5.41, 5.74) is 0. The van der Waals surface area contributed by atoms with E-state index in [1.54, 1.807) is 0 Å². The summed E-state index contributed by atoms with van der Waals surface area (Å²) < 4.78 is 0. The van der Waals surface area contributed by atoms with Crippen LogP contribution in [0.3, 0.4) is 0 Å². The summed E-state index contributed by atoms with van der Waals surface area (Å²) in [5, 5.41) is 38.7. The van der Waals surface area contributed by atoms with E-state index in [1.165, 1.54) is 154 Å². The Balaban J connectivity index is -0.000000886. The van der Waals surface area contributed by atoms with E-state index in [1.807, 2.05) is 0 Å². The molecule has 0 aliphatic heterocycles. The van der Waals surface area contributed by atoms with Crippen LogP contribution in [-0.2, 0) is 19.2 Å². The Morgan fingerprint density at radius 1 is 0.373 bits per heavy atom. The maximum Gasteiger partial charge on any atom is 2.00 e. The van der Waals surface area contributed by atoms with E-state index in [4.69, 9.17) is 10.2 Å². The number of rotatable bonds is 38. The number of carbonyl (C=O) groups is 4. The van der Waals surface area contributed by atoms with Crippen molar-refractivity contribution in [2.45, 2.75) is 244 Å². The van der Waals surface area contributed by atoms with Crippen LogP contribution in [0.4, 0.5) is 0 Å². The first-order valence-electron chi connectivity index (χ1n) is 21.0. The summed E-state index contributed by atoms with van der Waals surface area (Å²) in [4.78, 5) is 43.6. The summed E-state index contributed by atoms with van der Waals surface area (Å²) in [6, 6.07) is 0. The van der Waals surface area contributed by atoms with Gasteiger partial charge in [0.25, 0.3) is 0 Å². The molecule has 0 rings (SSSR count). The molecule has 2 atom stereocenters. The zero-order chi connectivity index (χ0) is 37.5. The van der Waals surface area contributed by atoms with Crippen molar-refractivity contribution in [3.8, 4) is 0 Å². The van der Waals surface area contributed by atoms with Crippen LogP contribution in [0.5, 0.6) is 0 Å². The Morgan fingerprint density at radius 2 is 0.549 bits per heavy atom. The summed E-state index contributed by atoms with van der Waals surface area (Å²) in [7, 11) is 0. The molecule has 2 N–H and O–H groups in total. The van der Waals surface area contributed by atoms with Crippen LogP contribution in [0, 0.1) is 0 Å². The van der Waals surface area contributed by atoms with E-state index >= 15 is 0 Å². The van der Waals surface area contributed by atoms with E-state index in [0.717, 1.165) is 38.5 Å². The number of carboxylic acid groups (broad SMARTS) is 2. The maximum atomic E-state index is 11.4. The van der Waals surface area contributed by atoms with Gasteiger partial charge in [-0.2, -0.15) is 0 Å². The molecule has 2 unspecified atom stereocenters. The minimum atomic E-state index is -1.65. The van der Waals surface area contributed by atoms with Crippen molar-refractivity contribution in [1.82, 2.24) is 0 Å². The van der Waals surface area contributed by atoms with E-state index in [2.05, 4.69) is 13.8 Å². The second kappa shape index (κ2) is 43.9. The number of aliphatic hydroxyl groups is 2. The third kappa shape index (κ3) is 45.5. The van der Waals surface area contributed by atoms with Crippen molar-refractivity contribution in [1.29, 1.82) is 0 Å². The smallest absolute Gasteiger partial charge is 0.547 e. The fraction of sp³-hybridized carbons (Fsp3) is 0.905. The van der Waals surface area contributed by atoms with Crippen molar-refractivity contribution >= 4 is 61.2 Å². The molecule has 8 nitrogen and oxygen atoms in total. The van der Waals surface area contributed by atoms with Gasteiger partial charge in [0.2, 0.25) is 0 Å². The summed E-state index contributed by atoms with van der Waals surface area (Å²) in [5.74, 6) is -3.51.